The minimum atomic E-state index is 0.524. The maximum Gasteiger partial charge on any atom is 0.103 e. The molecule has 1 aliphatic carbocycles. The van der Waals surface area contributed by atoms with Gasteiger partial charge in [0.1, 0.15) is 5.76 Å². The van der Waals surface area contributed by atoms with Crippen molar-refractivity contribution in [1.29, 1.82) is 0 Å². The predicted octanol–water partition coefficient (Wildman–Crippen LogP) is 4.16. The molecule has 2 heteroatoms. The van der Waals surface area contributed by atoms with Gasteiger partial charge in [0.2, 0.25) is 0 Å². The molecule has 1 heterocycles. The van der Waals surface area contributed by atoms with Crippen molar-refractivity contribution in [3.63, 3.8) is 0 Å². The Labute approximate surface area is 111 Å². The molecule has 0 radical (unpaired) electrons. The molecule has 0 saturated heterocycles. The summed E-state index contributed by atoms with van der Waals surface area (Å²) in [7, 11) is 0. The second kappa shape index (κ2) is 5.92. The Morgan fingerprint density at radius 1 is 1.50 bits per heavy atom. The van der Waals surface area contributed by atoms with Crippen LogP contribution >= 0.6 is 0 Å². The molecule has 1 fully saturated rings. The Morgan fingerprint density at radius 3 is 3.00 bits per heavy atom. The van der Waals surface area contributed by atoms with Crippen molar-refractivity contribution in [3.05, 3.63) is 24.2 Å². The van der Waals surface area contributed by atoms with E-state index in [2.05, 4.69) is 32.2 Å². The van der Waals surface area contributed by atoms with Gasteiger partial charge >= 0.3 is 0 Å². The monoisotopic (exact) mass is 249 g/mol. The molecule has 0 bridgehead atoms. The Balaban J connectivity index is 1.72. The fourth-order valence-electron chi connectivity index (χ4n) is 3.14. The zero-order valence-corrected chi connectivity index (χ0v) is 12.0. The van der Waals surface area contributed by atoms with E-state index < -0.39 is 0 Å². The third-order valence-electron chi connectivity index (χ3n) is 4.13. The van der Waals surface area contributed by atoms with Crippen molar-refractivity contribution in [2.24, 2.45) is 5.41 Å². The van der Waals surface area contributed by atoms with Crippen molar-refractivity contribution in [2.45, 2.75) is 71.4 Å². The van der Waals surface area contributed by atoms with Gasteiger partial charge in [0, 0.05) is 18.5 Å². The van der Waals surface area contributed by atoms with E-state index in [4.69, 9.17) is 4.42 Å². The maximum absolute atomic E-state index is 5.38. The van der Waals surface area contributed by atoms with Crippen LogP contribution in [0.5, 0.6) is 0 Å². The standard InChI is InChI=1S/C16H27NO/c1-13(8-9-15-7-5-11-18-15)17-14-6-4-10-16(2,3)12-14/h5,7,11,13-14,17H,4,6,8-10,12H2,1-3H3. The van der Waals surface area contributed by atoms with Crippen molar-refractivity contribution < 1.29 is 4.42 Å². The summed E-state index contributed by atoms with van der Waals surface area (Å²) in [4.78, 5) is 0. The highest BCUT2D eigenvalue weighted by Gasteiger charge is 2.28. The molecule has 0 aromatic carbocycles. The first kappa shape index (κ1) is 13.7. The molecule has 0 spiro atoms. The van der Waals surface area contributed by atoms with Gasteiger partial charge in [0.25, 0.3) is 0 Å². The average Bonchev–Trinajstić information content (AvgIpc) is 2.77. The van der Waals surface area contributed by atoms with Gasteiger partial charge < -0.3 is 9.73 Å². The van der Waals surface area contributed by atoms with Crippen LogP contribution in [0, 0.1) is 5.41 Å². The topological polar surface area (TPSA) is 25.2 Å². The summed E-state index contributed by atoms with van der Waals surface area (Å²) in [5.74, 6) is 1.10. The molecule has 2 unspecified atom stereocenters. The van der Waals surface area contributed by atoms with Gasteiger partial charge in [-0.2, -0.15) is 0 Å². The lowest BCUT2D eigenvalue weighted by atomic mass is 9.75. The number of hydrogen-bond acceptors (Lipinski definition) is 2. The molecule has 18 heavy (non-hydrogen) atoms. The van der Waals surface area contributed by atoms with E-state index in [-0.39, 0.29) is 0 Å². The molecule has 0 amide bonds. The molecule has 1 aromatic rings. The molecule has 1 saturated carbocycles. The van der Waals surface area contributed by atoms with Crippen LogP contribution in [-0.4, -0.2) is 12.1 Å². The summed E-state index contributed by atoms with van der Waals surface area (Å²) in [6.45, 7) is 7.09. The second-order valence-electron chi connectivity index (χ2n) is 6.64. The minimum absolute atomic E-state index is 0.524. The molecule has 2 atom stereocenters. The maximum atomic E-state index is 5.38. The SMILES string of the molecule is CC(CCc1ccco1)NC1CCCC(C)(C)C1. The van der Waals surface area contributed by atoms with Gasteiger partial charge in [0.05, 0.1) is 6.26 Å². The van der Waals surface area contributed by atoms with Crippen molar-refractivity contribution in [3.8, 4) is 0 Å². The van der Waals surface area contributed by atoms with E-state index in [1.807, 2.05) is 6.07 Å². The number of hydrogen-bond donors (Lipinski definition) is 1. The highest BCUT2D eigenvalue weighted by atomic mass is 16.3. The summed E-state index contributed by atoms with van der Waals surface area (Å²) in [6.07, 6.45) is 9.37. The van der Waals surface area contributed by atoms with Gasteiger partial charge in [-0.1, -0.05) is 20.3 Å². The first-order valence-electron chi connectivity index (χ1n) is 7.34. The molecule has 0 aliphatic heterocycles. The summed E-state index contributed by atoms with van der Waals surface area (Å²) in [6, 6.07) is 5.32. The first-order chi connectivity index (χ1) is 8.55. The van der Waals surface area contributed by atoms with Gasteiger partial charge in [-0.3, -0.25) is 0 Å². The van der Waals surface area contributed by atoms with E-state index in [0.29, 0.717) is 17.5 Å². The minimum Gasteiger partial charge on any atom is -0.469 e. The van der Waals surface area contributed by atoms with Crippen LogP contribution in [-0.2, 0) is 6.42 Å². The van der Waals surface area contributed by atoms with E-state index in [1.54, 1.807) is 6.26 Å². The lowest BCUT2D eigenvalue weighted by Gasteiger charge is -2.37. The fraction of sp³-hybridized carbons (Fsp3) is 0.750. The zero-order chi connectivity index (χ0) is 13.0. The summed E-state index contributed by atoms with van der Waals surface area (Å²) in [5.41, 5.74) is 0.524. The van der Waals surface area contributed by atoms with Gasteiger partial charge in [-0.05, 0) is 50.2 Å². The molecule has 2 nitrogen and oxygen atoms in total. The van der Waals surface area contributed by atoms with Crippen LogP contribution < -0.4 is 5.32 Å². The van der Waals surface area contributed by atoms with Crippen LogP contribution in [0.1, 0.15) is 58.6 Å². The summed E-state index contributed by atoms with van der Waals surface area (Å²) >= 11 is 0. The molecule has 1 aromatic heterocycles. The van der Waals surface area contributed by atoms with Crippen molar-refractivity contribution in [1.82, 2.24) is 5.32 Å². The van der Waals surface area contributed by atoms with Crippen molar-refractivity contribution >= 4 is 0 Å². The van der Waals surface area contributed by atoms with Gasteiger partial charge in [-0.15, -0.1) is 0 Å². The smallest absolute Gasteiger partial charge is 0.103 e. The lowest BCUT2D eigenvalue weighted by Crippen LogP contribution is -2.42. The Morgan fingerprint density at radius 2 is 2.33 bits per heavy atom. The van der Waals surface area contributed by atoms with Crippen LogP contribution in [0.3, 0.4) is 0 Å². The van der Waals surface area contributed by atoms with Crippen molar-refractivity contribution in [2.75, 3.05) is 0 Å². The fourth-order valence-corrected chi connectivity index (χ4v) is 3.14. The van der Waals surface area contributed by atoms with Crippen LogP contribution in [0.2, 0.25) is 0 Å². The Hall–Kier alpha value is -0.760. The highest BCUT2D eigenvalue weighted by Crippen LogP contribution is 2.35. The molecule has 2 rings (SSSR count). The molecular weight excluding hydrogens is 222 g/mol. The van der Waals surface area contributed by atoms with Crippen LogP contribution in [0.4, 0.5) is 0 Å². The molecule has 1 aliphatic rings. The third kappa shape index (κ3) is 4.16. The summed E-state index contributed by atoms with van der Waals surface area (Å²) < 4.78 is 5.38. The molecule has 1 N–H and O–H groups in total. The Bertz CT molecular complexity index is 342. The van der Waals surface area contributed by atoms with E-state index in [1.165, 1.54) is 25.7 Å². The summed E-state index contributed by atoms with van der Waals surface area (Å²) in [5, 5.41) is 3.80. The van der Waals surface area contributed by atoms with E-state index >= 15 is 0 Å². The second-order valence-corrected chi connectivity index (χ2v) is 6.64. The van der Waals surface area contributed by atoms with E-state index in [9.17, 15) is 0 Å². The van der Waals surface area contributed by atoms with Crippen LogP contribution in [0.25, 0.3) is 0 Å². The first-order valence-corrected chi connectivity index (χ1v) is 7.34. The lowest BCUT2D eigenvalue weighted by molar-refractivity contribution is 0.189. The molecule has 102 valence electrons. The van der Waals surface area contributed by atoms with Gasteiger partial charge in [0.15, 0.2) is 0 Å². The van der Waals surface area contributed by atoms with E-state index in [0.717, 1.165) is 18.6 Å². The number of rotatable bonds is 5. The Kier molecular flexibility index (Phi) is 4.50. The predicted molar refractivity (Wildman–Crippen MR) is 75.7 cm³/mol. The number of nitrogens with one attached hydrogen (secondary N) is 1. The number of furan rings is 1. The highest BCUT2D eigenvalue weighted by molar-refractivity contribution is 4.98. The average molecular weight is 249 g/mol. The molecular formula is C16H27NO. The normalized spacial score (nSPS) is 24.9. The quantitative estimate of drug-likeness (QED) is 0.847. The number of aryl methyl sites for hydroxylation is 1. The van der Waals surface area contributed by atoms with Gasteiger partial charge in [-0.25, -0.2) is 0 Å². The third-order valence-corrected chi connectivity index (χ3v) is 4.13. The zero-order valence-electron chi connectivity index (χ0n) is 12.0. The largest absolute Gasteiger partial charge is 0.469 e. The van der Waals surface area contributed by atoms with Crippen LogP contribution in [0.15, 0.2) is 22.8 Å².